The van der Waals surface area contributed by atoms with E-state index in [1.165, 1.54) is 41.5 Å². The molecule has 0 bridgehead atoms. The van der Waals surface area contributed by atoms with Crippen molar-refractivity contribution in [1.29, 1.82) is 0 Å². The molecule has 144 valence electrons. The van der Waals surface area contributed by atoms with Crippen LogP contribution in [-0.4, -0.2) is 12.5 Å². The number of benzene rings is 2. The molecule has 2 aromatic rings. The summed E-state index contributed by atoms with van der Waals surface area (Å²) in [5.74, 6) is 0.725. The maximum absolute atomic E-state index is 12.5. The van der Waals surface area contributed by atoms with Crippen molar-refractivity contribution in [3.63, 3.8) is 0 Å². The van der Waals surface area contributed by atoms with Crippen molar-refractivity contribution in [1.82, 2.24) is 5.32 Å². The highest BCUT2D eigenvalue weighted by Crippen LogP contribution is 2.26. The fourth-order valence-electron chi connectivity index (χ4n) is 3.92. The Morgan fingerprint density at radius 1 is 1.07 bits per heavy atom. The lowest BCUT2D eigenvalue weighted by atomic mass is 9.89. The van der Waals surface area contributed by atoms with Gasteiger partial charge in [0.15, 0.2) is 6.61 Å². The molecule has 3 heteroatoms. The highest BCUT2D eigenvalue weighted by molar-refractivity contribution is 5.78. The van der Waals surface area contributed by atoms with Gasteiger partial charge in [0.2, 0.25) is 0 Å². The topological polar surface area (TPSA) is 38.3 Å². The van der Waals surface area contributed by atoms with E-state index in [-0.39, 0.29) is 18.6 Å². The number of carbonyl (C=O) groups excluding carboxylic acids is 1. The van der Waals surface area contributed by atoms with Crippen LogP contribution < -0.4 is 10.1 Å². The molecular formula is C24H31NO2. The zero-order valence-electron chi connectivity index (χ0n) is 17.0. The van der Waals surface area contributed by atoms with Crippen LogP contribution in [0.4, 0.5) is 0 Å². The van der Waals surface area contributed by atoms with Crippen LogP contribution in [-0.2, 0) is 17.6 Å². The predicted octanol–water partition coefficient (Wildman–Crippen LogP) is 5.14. The van der Waals surface area contributed by atoms with Gasteiger partial charge in [0, 0.05) is 0 Å². The van der Waals surface area contributed by atoms with Crippen molar-refractivity contribution >= 4 is 5.91 Å². The van der Waals surface area contributed by atoms with Gasteiger partial charge in [0.05, 0.1) is 6.04 Å². The third-order valence-corrected chi connectivity index (χ3v) is 5.64. The average Bonchev–Trinajstić information content (AvgIpc) is 2.67. The second kappa shape index (κ2) is 8.60. The molecule has 1 aliphatic carbocycles. The van der Waals surface area contributed by atoms with Crippen LogP contribution in [0, 0.1) is 20.8 Å². The van der Waals surface area contributed by atoms with E-state index < -0.39 is 0 Å². The number of hydrogen-bond donors (Lipinski definition) is 1. The van der Waals surface area contributed by atoms with E-state index in [4.69, 9.17) is 4.74 Å². The highest BCUT2D eigenvalue weighted by Gasteiger charge is 2.17. The lowest BCUT2D eigenvalue weighted by Crippen LogP contribution is -2.32. The largest absolute Gasteiger partial charge is 0.483 e. The normalized spacial score (nSPS) is 14.4. The van der Waals surface area contributed by atoms with Gasteiger partial charge < -0.3 is 10.1 Å². The van der Waals surface area contributed by atoms with Crippen molar-refractivity contribution in [2.75, 3.05) is 6.61 Å². The van der Waals surface area contributed by atoms with Gasteiger partial charge in [0.25, 0.3) is 5.91 Å². The summed E-state index contributed by atoms with van der Waals surface area (Å²) in [4.78, 5) is 12.5. The van der Waals surface area contributed by atoms with E-state index in [1.54, 1.807) is 0 Å². The second-order valence-corrected chi connectivity index (χ2v) is 7.76. The number of nitrogens with one attached hydrogen (secondary N) is 1. The van der Waals surface area contributed by atoms with Gasteiger partial charge in [-0.3, -0.25) is 4.79 Å². The molecule has 1 N–H and O–H groups in total. The molecule has 2 aromatic carbocycles. The van der Waals surface area contributed by atoms with E-state index in [9.17, 15) is 4.79 Å². The fourth-order valence-corrected chi connectivity index (χ4v) is 3.92. The number of rotatable bonds is 6. The molecule has 1 atom stereocenters. The predicted molar refractivity (Wildman–Crippen MR) is 110 cm³/mol. The first-order chi connectivity index (χ1) is 13.0. The average molecular weight is 366 g/mol. The molecule has 1 aliphatic rings. The van der Waals surface area contributed by atoms with Crippen LogP contribution in [0.5, 0.6) is 5.75 Å². The molecule has 1 unspecified atom stereocenters. The summed E-state index contributed by atoms with van der Waals surface area (Å²) in [5.41, 5.74) is 7.55. The number of fused-ring (bicyclic) bond motifs is 1. The van der Waals surface area contributed by atoms with Crippen molar-refractivity contribution < 1.29 is 9.53 Å². The van der Waals surface area contributed by atoms with Crippen LogP contribution in [0.25, 0.3) is 0 Å². The monoisotopic (exact) mass is 365 g/mol. The van der Waals surface area contributed by atoms with E-state index in [0.717, 1.165) is 29.7 Å². The summed E-state index contributed by atoms with van der Waals surface area (Å²) in [6, 6.07) is 10.9. The van der Waals surface area contributed by atoms with Crippen molar-refractivity contribution in [3.8, 4) is 5.75 Å². The lowest BCUT2D eigenvalue weighted by Gasteiger charge is -2.22. The maximum atomic E-state index is 12.5. The number of ether oxygens (including phenoxy) is 1. The van der Waals surface area contributed by atoms with Crippen LogP contribution >= 0.6 is 0 Å². The molecule has 0 heterocycles. The first-order valence-corrected chi connectivity index (χ1v) is 10.1. The van der Waals surface area contributed by atoms with Gasteiger partial charge >= 0.3 is 0 Å². The van der Waals surface area contributed by atoms with Crippen LogP contribution in [0.15, 0.2) is 30.3 Å². The fraction of sp³-hybridized carbons (Fsp3) is 0.458. The van der Waals surface area contributed by atoms with E-state index >= 15 is 0 Å². The van der Waals surface area contributed by atoms with E-state index in [1.807, 2.05) is 19.9 Å². The Labute approximate surface area is 163 Å². The Balaban J connectivity index is 1.64. The van der Waals surface area contributed by atoms with Crippen LogP contribution in [0.3, 0.4) is 0 Å². The summed E-state index contributed by atoms with van der Waals surface area (Å²) in [6.45, 7) is 8.30. The zero-order valence-corrected chi connectivity index (χ0v) is 17.0. The Morgan fingerprint density at radius 3 is 2.56 bits per heavy atom. The molecule has 0 spiro atoms. The first-order valence-electron chi connectivity index (χ1n) is 10.1. The van der Waals surface area contributed by atoms with Gasteiger partial charge in [-0.15, -0.1) is 0 Å². The van der Waals surface area contributed by atoms with Gasteiger partial charge in [-0.25, -0.2) is 0 Å². The minimum atomic E-state index is -0.0712. The standard InChI is InChI=1S/C24H31NO2/c1-5-22(21-11-10-19-8-6-7-9-20(19)14-21)25-24(26)15-27-23-13-16(2)12-17(3)18(23)4/h10-14,22H,5-9,15H2,1-4H3,(H,25,26). The molecule has 1 amide bonds. The molecule has 0 fully saturated rings. The number of carbonyl (C=O) groups is 1. The number of hydrogen-bond acceptors (Lipinski definition) is 2. The molecule has 0 aliphatic heterocycles. The SMILES string of the molecule is CCC(NC(=O)COc1cc(C)cc(C)c1C)c1ccc2c(c1)CCCC2. The third-order valence-electron chi connectivity index (χ3n) is 5.64. The van der Waals surface area contributed by atoms with E-state index in [2.05, 4.69) is 43.4 Å². The number of amides is 1. The van der Waals surface area contributed by atoms with Crippen LogP contribution in [0.1, 0.15) is 65.6 Å². The summed E-state index contributed by atoms with van der Waals surface area (Å²) >= 11 is 0. The Hall–Kier alpha value is -2.29. The minimum Gasteiger partial charge on any atom is -0.483 e. The van der Waals surface area contributed by atoms with Crippen molar-refractivity contribution in [2.45, 2.75) is 65.8 Å². The molecule has 0 aromatic heterocycles. The third kappa shape index (κ3) is 4.71. The number of aryl methyl sites for hydroxylation is 4. The Bertz CT molecular complexity index is 825. The summed E-state index contributed by atoms with van der Waals surface area (Å²) in [7, 11) is 0. The summed E-state index contributed by atoms with van der Waals surface area (Å²) in [6.07, 6.45) is 5.76. The van der Waals surface area contributed by atoms with Gasteiger partial charge in [-0.2, -0.15) is 0 Å². The van der Waals surface area contributed by atoms with Gasteiger partial charge in [-0.1, -0.05) is 31.2 Å². The van der Waals surface area contributed by atoms with Crippen molar-refractivity contribution in [2.24, 2.45) is 0 Å². The molecule has 3 rings (SSSR count). The summed E-state index contributed by atoms with van der Waals surface area (Å²) < 4.78 is 5.82. The summed E-state index contributed by atoms with van der Waals surface area (Å²) in [5, 5.41) is 3.14. The van der Waals surface area contributed by atoms with Crippen molar-refractivity contribution in [3.05, 3.63) is 63.7 Å². The van der Waals surface area contributed by atoms with Gasteiger partial charge in [0.1, 0.15) is 5.75 Å². The van der Waals surface area contributed by atoms with Crippen LogP contribution in [0.2, 0.25) is 0 Å². The maximum Gasteiger partial charge on any atom is 0.258 e. The first kappa shape index (κ1) is 19.5. The smallest absolute Gasteiger partial charge is 0.258 e. The van der Waals surface area contributed by atoms with Gasteiger partial charge in [-0.05, 0) is 92.3 Å². The highest BCUT2D eigenvalue weighted by atomic mass is 16.5. The van der Waals surface area contributed by atoms with E-state index in [0.29, 0.717) is 0 Å². The molecular weight excluding hydrogens is 334 g/mol. The molecule has 3 nitrogen and oxygen atoms in total. The Kier molecular flexibility index (Phi) is 6.20. The quantitative estimate of drug-likeness (QED) is 0.770. The second-order valence-electron chi connectivity index (χ2n) is 7.76. The molecule has 0 saturated carbocycles. The lowest BCUT2D eigenvalue weighted by molar-refractivity contribution is -0.123. The molecule has 0 saturated heterocycles. The minimum absolute atomic E-state index is 0.0358. The molecule has 0 radical (unpaired) electrons. The molecule has 27 heavy (non-hydrogen) atoms. The zero-order chi connectivity index (χ0) is 19.4. The Morgan fingerprint density at radius 2 is 1.81 bits per heavy atom.